The van der Waals surface area contributed by atoms with Gasteiger partial charge in [-0.15, -0.1) is 0 Å². The number of carbonyl (C=O) groups excluding carboxylic acids is 1. The number of hydrogen-bond donors (Lipinski definition) is 1. The van der Waals surface area contributed by atoms with E-state index in [1.807, 2.05) is 11.9 Å². The third kappa shape index (κ3) is 3.98. The first-order valence-electron chi connectivity index (χ1n) is 7.32. The highest BCUT2D eigenvalue weighted by Gasteiger charge is 2.38. The SMILES string of the molecule is CC(C)CCN(C)C(=O)C(C)(C)C1CCCNC1. The first kappa shape index (κ1) is 15.5. The number of hydrogen-bond acceptors (Lipinski definition) is 2. The summed E-state index contributed by atoms with van der Waals surface area (Å²) in [5, 5.41) is 3.41. The molecule has 0 saturated carbocycles. The van der Waals surface area contributed by atoms with E-state index in [0.717, 1.165) is 26.1 Å². The zero-order valence-electron chi connectivity index (χ0n) is 12.8. The fourth-order valence-corrected chi connectivity index (χ4v) is 2.69. The summed E-state index contributed by atoms with van der Waals surface area (Å²) >= 11 is 0. The zero-order chi connectivity index (χ0) is 13.8. The molecule has 1 N–H and O–H groups in total. The van der Waals surface area contributed by atoms with Crippen molar-refractivity contribution < 1.29 is 4.79 Å². The predicted octanol–water partition coefficient (Wildman–Crippen LogP) is 2.52. The van der Waals surface area contributed by atoms with Crippen LogP contribution in [0.25, 0.3) is 0 Å². The molecule has 18 heavy (non-hydrogen) atoms. The van der Waals surface area contributed by atoms with Crippen LogP contribution in [0, 0.1) is 17.3 Å². The average molecular weight is 254 g/mol. The summed E-state index contributed by atoms with van der Waals surface area (Å²) in [7, 11) is 1.95. The second kappa shape index (κ2) is 6.55. The van der Waals surface area contributed by atoms with Gasteiger partial charge in [-0.2, -0.15) is 0 Å². The van der Waals surface area contributed by atoms with Gasteiger partial charge in [-0.05, 0) is 44.2 Å². The molecule has 0 bridgehead atoms. The molecular formula is C15H30N2O. The lowest BCUT2D eigenvalue weighted by atomic mass is 9.74. The van der Waals surface area contributed by atoms with Gasteiger partial charge in [0.1, 0.15) is 0 Å². The van der Waals surface area contributed by atoms with Crippen LogP contribution in [-0.2, 0) is 4.79 Å². The minimum absolute atomic E-state index is 0.237. The molecule has 1 aliphatic heterocycles. The molecule has 0 aromatic carbocycles. The number of carbonyl (C=O) groups is 1. The van der Waals surface area contributed by atoms with E-state index in [4.69, 9.17) is 0 Å². The normalized spacial score (nSPS) is 21.1. The molecular weight excluding hydrogens is 224 g/mol. The van der Waals surface area contributed by atoms with Crippen LogP contribution in [0.2, 0.25) is 0 Å². The van der Waals surface area contributed by atoms with E-state index in [2.05, 4.69) is 33.0 Å². The van der Waals surface area contributed by atoms with Gasteiger partial charge in [0.25, 0.3) is 0 Å². The average Bonchev–Trinajstić information content (AvgIpc) is 2.36. The summed E-state index contributed by atoms with van der Waals surface area (Å²) in [6.45, 7) is 11.6. The molecule has 0 aromatic heterocycles. The molecule has 3 nitrogen and oxygen atoms in total. The standard InChI is InChI=1S/C15H30N2O/c1-12(2)8-10-17(5)14(18)15(3,4)13-7-6-9-16-11-13/h12-13,16H,6-11H2,1-5H3. The third-order valence-electron chi connectivity index (χ3n) is 4.26. The summed E-state index contributed by atoms with van der Waals surface area (Å²) in [5.74, 6) is 1.43. The third-order valence-corrected chi connectivity index (χ3v) is 4.26. The van der Waals surface area contributed by atoms with E-state index in [0.29, 0.717) is 17.7 Å². The second-order valence-corrected chi connectivity index (χ2v) is 6.67. The number of nitrogens with zero attached hydrogens (tertiary/aromatic N) is 1. The predicted molar refractivity (Wildman–Crippen MR) is 76.5 cm³/mol. The lowest BCUT2D eigenvalue weighted by Gasteiger charge is -2.38. The number of amides is 1. The van der Waals surface area contributed by atoms with Gasteiger partial charge in [-0.3, -0.25) is 4.79 Å². The molecule has 106 valence electrons. The monoisotopic (exact) mass is 254 g/mol. The van der Waals surface area contributed by atoms with E-state index >= 15 is 0 Å². The van der Waals surface area contributed by atoms with Crippen molar-refractivity contribution in [3.63, 3.8) is 0 Å². The molecule has 1 fully saturated rings. The molecule has 1 rings (SSSR count). The molecule has 1 aliphatic rings. The first-order chi connectivity index (χ1) is 8.35. The van der Waals surface area contributed by atoms with Gasteiger partial charge in [0.15, 0.2) is 0 Å². The number of piperidine rings is 1. The van der Waals surface area contributed by atoms with Crippen molar-refractivity contribution in [2.45, 2.75) is 47.0 Å². The minimum atomic E-state index is -0.237. The molecule has 1 atom stereocenters. The topological polar surface area (TPSA) is 32.3 Å². The van der Waals surface area contributed by atoms with Crippen LogP contribution >= 0.6 is 0 Å². The van der Waals surface area contributed by atoms with Crippen LogP contribution < -0.4 is 5.32 Å². The highest BCUT2D eigenvalue weighted by Crippen LogP contribution is 2.33. The van der Waals surface area contributed by atoms with Crippen molar-refractivity contribution in [3.8, 4) is 0 Å². The summed E-state index contributed by atoms with van der Waals surface area (Å²) in [6, 6.07) is 0. The lowest BCUT2D eigenvalue weighted by Crippen LogP contribution is -2.48. The smallest absolute Gasteiger partial charge is 0.228 e. The van der Waals surface area contributed by atoms with Gasteiger partial charge in [0.2, 0.25) is 5.91 Å². The van der Waals surface area contributed by atoms with E-state index in [1.165, 1.54) is 12.8 Å². The van der Waals surface area contributed by atoms with Crippen molar-refractivity contribution in [1.82, 2.24) is 10.2 Å². The Bertz CT molecular complexity index is 268. The minimum Gasteiger partial charge on any atom is -0.345 e. The highest BCUT2D eigenvalue weighted by molar-refractivity contribution is 5.82. The van der Waals surface area contributed by atoms with Gasteiger partial charge in [-0.25, -0.2) is 0 Å². The Morgan fingerprint density at radius 3 is 2.61 bits per heavy atom. The molecule has 0 radical (unpaired) electrons. The maximum absolute atomic E-state index is 12.6. The van der Waals surface area contributed by atoms with Gasteiger partial charge in [0.05, 0.1) is 0 Å². The van der Waals surface area contributed by atoms with E-state index in [9.17, 15) is 4.79 Å². The summed E-state index contributed by atoms with van der Waals surface area (Å²) < 4.78 is 0. The Hall–Kier alpha value is -0.570. The van der Waals surface area contributed by atoms with Gasteiger partial charge < -0.3 is 10.2 Å². The van der Waals surface area contributed by atoms with Crippen LogP contribution in [0.3, 0.4) is 0 Å². The zero-order valence-corrected chi connectivity index (χ0v) is 12.8. The molecule has 1 unspecified atom stereocenters. The van der Waals surface area contributed by atoms with Gasteiger partial charge in [0, 0.05) is 19.0 Å². The molecule has 3 heteroatoms. The van der Waals surface area contributed by atoms with Crippen molar-refractivity contribution in [2.75, 3.05) is 26.7 Å². The Labute approximate surface area is 112 Å². The lowest BCUT2D eigenvalue weighted by molar-refractivity contribution is -0.142. The molecule has 1 heterocycles. The van der Waals surface area contributed by atoms with Gasteiger partial charge in [-0.1, -0.05) is 27.7 Å². The Morgan fingerprint density at radius 1 is 1.44 bits per heavy atom. The van der Waals surface area contributed by atoms with Crippen molar-refractivity contribution in [3.05, 3.63) is 0 Å². The summed E-state index contributed by atoms with van der Waals surface area (Å²) in [6.07, 6.45) is 3.45. The van der Waals surface area contributed by atoms with Gasteiger partial charge >= 0.3 is 0 Å². The fourth-order valence-electron chi connectivity index (χ4n) is 2.69. The molecule has 0 spiro atoms. The summed E-state index contributed by atoms with van der Waals surface area (Å²) in [5.41, 5.74) is -0.237. The number of rotatable bonds is 5. The molecule has 0 aromatic rings. The van der Waals surface area contributed by atoms with E-state index in [1.54, 1.807) is 0 Å². The fraction of sp³-hybridized carbons (Fsp3) is 0.933. The van der Waals surface area contributed by atoms with Crippen LogP contribution in [-0.4, -0.2) is 37.5 Å². The highest BCUT2D eigenvalue weighted by atomic mass is 16.2. The molecule has 0 aliphatic carbocycles. The second-order valence-electron chi connectivity index (χ2n) is 6.67. The maximum Gasteiger partial charge on any atom is 0.228 e. The van der Waals surface area contributed by atoms with Crippen LogP contribution in [0.1, 0.15) is 47.0 Å². The van der Waals surface area contributed by atoms with Crippen molar-refractivity contribution in [2.24, 2.45) is 17.3 Å². The van der Waals surface area contributed by atoms with Crippen LogP contribution in [0.15, 0.2) is 0 Å². The quantitative estimate of drug-likeness (QED) is 0.817. The Kier molecular flexibility index (Phi) is 5.64. The van der Waals surface area contributed by atoms with Crippen LogP contribution in [0.4, 0.5) is 0 Å². The number of nitrogens with one attached hydrogen (secondary N) is 1. The largest absolute Gasteiger partial charge is 0.345 e. The van der Waals surface area contributed by atoms with Crippen LogP contribution in [0.5, 0.6) is 0 Å². The molecule has 1 amide bonds. The Morgan fingerprint density at radius 2 is 2.11 bits per heavy atom. The molecule has 1 saturated heterocycles. The van der Waals surface area contributed by atoms with E-state index in [-0.39, 0.29) is 5.41 Å². The van der Waals surface area contributed by atoms with Crippen molar-refractivity contribution in [1.29, 1.82) is 0 Å². The summed E-state index contributed by atoms with van der Waals surface area (Å²) in [4.78, 5) is 14.5. The Balaban J connectivity index is 2.56. The van der Waals surface area contributed by atoms with Crippen molar-refractivity contribution >= 4 is 5.91 Å². The maximum atomic E-state index is 12.6. The van der Waals surface area contributed by atoms with E-state index < -0.39 is 0 Å². The first-order valence-corrected chi connectivity index (χ1v) is 7.32.